The molecule has 0 radical (unpaired) electrons. The van der Waals surface area contributed by atoms with Gasteiger partial charge in [0.15, 0.2) is 11.0 Å². The van der Waals surface area contributed by atoms with E-state index in [1.165, 1.54) is 22.9 Å². The lowest BCUT2D eigenvalue weighted by Crippen LogP contribution is -2.14. The molecule has 7 heteroatoms. The van der Waals surface area contributed by atoms with Crippen molar-refractivity contribution >= 4 is 23.4 Å². The van der Waals surface area contributed by atoms with Crippen molar-refractivity contribution in [2.75, 3.05) is 11.1 Å². The SMILES string of the molecule is Cc1ccc(-n2c(SCC(=O)Nc3ccc(C)c(C)c3)nnc2-c2ccncc2)cc1. The topological polar surface area (TPSA) is 72.7 Å². The maximum Gasteiger partial charge on any atom is 0.234 e. The molecular formula is C24H23N5OS. The largest absolute Gasteiger partial charge is 0.325 e. The second kappa shape index (κ2) is 9.14. The predicted molar refractivity (Wildman–Crippen MR) is 125 cm³/mol. The Morgan fingerprint density at radius 1 is 0.935 bits per heavy atom. The summed E-state index contributed by atoms with van der Waals surface area (Å²) in [6, 6.07) is 17.9. The predicted octanol–water partition coefficient (Wildman–Crippen LogP) is 4.99. The summed E-state index contributed by atoms with van der Waals surface area (Å²) >= 11 is 1.36. The fraction of sp³-hybridized carbons (Fsp3) is 0.167. The highest BCUT2D eigenvalue weighted by Gasteiger charge is 2.17. The maximum atomic E-state index is 12.6. The van der Waals surface area contributed by atoms with Gasteiger partial charge in [-0.2, -0.15) is 0 Å². The molecule has 4 rings (SSSR count). The Morgan fingerprint density at radius 3 is 2.39 bits per heavy atom. The van der Waals surface area contributed by atoms with E-state index in [1.54, 1.807) is 12.4 Å². The third-order valence-corrected chi connectivity index (χ3v) is 5.92. The Kier molecular flexibility index (Phi) is 6.13. The van der Waals surface area contributed by atoms with E-state index in [0.29, 0.717) is 11.0 Å². The van der Waals surface area contributed by atoms with Crippen LogP contribution in [0.3, 0.4) is 0 Å². The van der Waals surface area contributed by atoms with Crippen LogP contribution in [0.5, 0.6) is 0 Å². The summed E-state index contributed by atoms with van der Waals surface area (Å²) in [6.07, 6.45) is 3.46. The van der Waals surface area contributed by atoms with Crippen LogP contribution in [-0.4, -0.2) is 31.4 Å². The number of pyridine rings is 1. The third-order valence-electron chi connectivity index (χ3n) is 4.99. The number of amides is 1. The van der Waals surface area contributed by atoms with Crippen LogP contribution in [0.4, 0.5) is 5.69 Å². The summed E-state index contributed by atoms with van der Waals surface area (Å²) in [7, 11) is 0. The Morgan fingerprint density at radius 2 is 1.68 bits per heavy atom. The molecule has 1 N–H and O–H groups in total. The van der Waals surface area contributed by atoms with Crippen LogP contribution in [0, 0.1) is 20.8 Å². The van der Waals surface area contributed by atoms with Gasteiger partial charge >= 0.3 is 0 Å². The number of carbonyl (C=O) groups is 1. The van der Waals surface area contributed by atoms with Gasteiger partial charge in [0.05, 0.1) is 5.75 Å². The van der Waals surface area contributed by atoms with Crippen LogP contribution in [0.15, 0.2) is 72.1 Å². The lowest BCUT2D eigenvalue weighted by molar-refractivity contribution is -0.113. The first kappa shape index (κ1) is 20.8. The first-order valence-corrected chi connectivity index (χ1v) is 10.9. The monoisotopic (exact) mass is 429 g/mol. The van der Waals surface area contributed by atoms with Crippen molar-refractivity contribution in [2.24, 2.45) is 0 Å². The van der Waals surface area contributed by atoms with Crippen molar-refractivity contribution in [1.82, 2.24) is 19.7 Å². The van der Waals surface area contributed by atoms with Gasteiger partial charge in [0.2, 0.25) is 5.91 Å². The molecule has 1 amide bonds. The van der Waals surface area contributed by atoms with Crippen molar-refractivity contribution in [3.05, 3.63) is 83.7 Å². The fourth-order valence-corrected chi connectivity index (χ4v) is 3.88. The molecule has 0 aliphatic carbocycles. The van der Waals surface area contributed by atoms with Gasteiger partial charge in [0.25, 0.3) is 0 Å². The Labute approximate surface area is 185 Å². The summed E-state index contributed by atoms with van der Waals surface area (Å²) in [6.45, 7) is 6.13. The number of aromatic nitrogens is 4. The Bertz CT molecular complexity index is 1200. The molecule has 0 spiro atoms. The molecule has 156 valence electrons. The van der Waals surface area contributed by atoms with Crippen LogP contribution >= 0.6 is 11.8 Å². The van der Waals surface area contributed by atoms with Crippen molar-refractivity contribution in [3.63, 3.8) is 0 Å². The minimum Gasteiger partial charge on any atom is -0.325 e. The van der Waals surface area contributed by atoms with E-state index in [2.05, 4.69) is 27.4 Å². The molecule has 31 heavy (non-hydrogen) atoms. The number of hydrogen-bond acceptors (Lipinski definition) is 5. The maximum absolute atomic E-state index is 12.6. The molecule has 0 bridgehead atoms. The van der Waals surface area contributed by atoms with Gasteiger partial charge in [-0.3, -0.25) is 14.3 Å². The number of benzene rings is 2. The highest BCUT2D eigenvalue weighted by Crippen LogP contribution is 2.28. The number of nitrogens with one attached hydrogen (secondary N) is 1. The summed E-state index contributed by atoms with van der Waals surface area (Å²) in [5.74, 6) is 0.855. The fourth-order valence-electron chi connectivity index (χ4n) is 3.12. The van der Waals surface area contributed by atoms with Gasteiger partial charge < -0.3 is 5.32 Å². The summed E-state index contributed by atoms with van der Waals surface area (Å²) in [4.78, 5) is 16.6. The van der Waals surface area contributed by atoms with E-state index in [-0.39, 0.29) is 11.7 Å². The lowest BCUT2D eigenvalue weighted by Gasteiger charge is -2.11. The van der Waals surface area contributed by atoms with Crippen LogP contribution in [0.25, 0.3) is 17.1 Å². The highest BCUT2D eigenvalue weighted by molar-refractivity contribution is 7.99. The van der Waals surface area contributed by atoms with Crippen LogP contribution in [-0.2, 0) is 4.79 Å². The quantitative estimate of drug-likeness (QED) is 0.437. The normalized spacial score (nSPS) is 10.8. The molecule has 0 aliphatic rings. The summed E-state index contributed by atoms with van der Waals surface area (Å²) < 4.78 is 1.97. The Balaban J connectivity index is 1.57. The number of anilines is 1. The molecule has 2 heterocycles. The summed E-state index contributed by atoms with van der Waals surface area (Å²) in [5, 5.41) is 12.4. The number of nitrogens with zero attached hydrogens (tertiary/aromatic N) is 4. The zero-order valence-electron chi connectivity index (χ0n) is 17.7. The lowest BCUT2D eigenvalue weighted by atomic mass is 10.1. The first-order valence-electron chi connectivity index (χ1n) is 9.94. The minimum absolute atomic E-state index is 0.0860. The van der Waals surface area contributed by atoms with Crippen molar-refractivity contribution in [3.8, 4) is 17.1 Å². The van der Waals surface area contributed by atoms with E-state index in [0.717, 1.165) is 22.5 Å². The molecule has 0 atom stereocenters. The molecule has 0 saturated heterocycles. The third kappa shape index (κ3) is 4.83. The number of thioether (sulfide) groups is 1. The zero-order valence-corrected chi connectivity index (χ0v) is 18.5. The van der Waals surface area contributed by atoms with Crippen molar-refractivity contribution in [2.45, 2.75) is 25.9 Å². The Hall–Kier alpha value is -3.45. The number of aryl methyl sites for hydroxylation is 3. The van der Waals surface area contributed by atoms with Gasteiger partial charge in [-0.05, 0) is 68.3 Å². The average Bonchev–Trinajstić information content (AvgIpc) is 3.20. The van der Waals surface area contributed by atoms with E-state index in [9.17, 15) is 4.79 Å². The second-order valence-corrected chi connectivity index (χ2v) is 8.29. The minimum atomic E-state index is -0.0860. The molecule has 0 fully saturated rings. The number of hydrogen-bond donors (Lipinski definition) is 1. The van der Waals surface area contributed by atoms with E-state index in [1.807, 2.05) is 73.0 Å². The molecule has 2 aromatic carbocycles. The van der Waals surface area contributed by atoms with E-state index < -0.39 is 0 Å². The molecular weight excluding hydrogens is 406 g/mol. The second-order valence-electron chi connectivity index (χ2n) is 7.35. The standard InChI is InChI=1S/C24H23N5OS/c1-16-4-8-21(9-5-16)29-23(19-10-12-25-13-11-19)27-28-24(29)31-15-22(30)26-20-7-6-17(2)18(3)14-20/h4-14H,15H2,1-3H3,(H,26,30). The number of rotatable bonds is 6. The van der Waals surface area contributed by atoms with Crippen molar-refractivity contribution in [1.29, 1.82) is 0 Å². The highest BCUT2D eigenvalue weighted by atomic mass is 32.2. The van der Waals surface area contributed by atoms with Gasteiger partial charge in [-0.1, -0.05) is 35.5 Å². The van der Waals surface area contributed by atoms with Gasteiger partial charge in [0, 0.05) is 29.3 Å². The van der Waals surface area contributed by atoms with E-state index >= 15 is 0 Å². The number of carbonyl (C=O) groups excluding carboxylic acids is 1. The molecule has 0 saturated carbocycles. The molecule has 0 unspecified atom stereocenters. The van der Waals surface area contributed by atoms with Crippen LogP contribution < -0.4 is 5.32 Å². The van der Waals surface area contributed by atoms with E-state index in [4.69, 9.17) is 0 Å². The molecule has 0 aliphatic heterocycles. The zero-order chi connectivity index (χ0) is 21.8. The van der Waals surface area contributed by atoms with Crippen LogP contribution in [0.2, 0.25) is 0 Å². The molecule has 4 aromatic rings. The smallest absolute Gasteiger partial charge is 0.234 e. The van der Waals surface area contributed by atoms with Gasteiger partial charge in [-0.25, -0.2) is 0 Å². The van der Waals surface area contributed by atoms with Gasteiger partial charge in [0.1, 0.15) is 0 Å². The average molecular weight is 430 g/mol. The van der Waals surface area contributed by atoms with Crippen LogP contribution in [0.1, 0.15) is 16.7 Å². The summed E-state index contributed by atoms with van der Waals surface area (Å²) in [5.41, 5.74) is 6.16. The first-order chi connectivity index (χ1) is 15.0. The molecule has 2 aromatic heterocycles. The van der Waals surface area contributed by atoms with Gasteiger partial charge in [-0.15, -0.1) is 10.2 Å². The van der Waals surface area contributed by atoms with Crippen molar-refractivity contribution < 1.29 is 4.79 Å². The molecule has 6 nitrogen and oxygen atoms in total.